The van der Waals surface area contributed by atoms with E-state index >= 15 is 0 Å². The number of aromatic nitrogens is 1. The lowest BCUT2D eigenvalue weighted by Gasteiger charge is -2.42. The van der Waals surface area contributed by atoms with Gasteiger partial charge in [-0.3, -0.25) is 4.98 Å². The molecule has 1 aromatic carbocycles. The van der Waals surface area contributed by atoms with E-state index in [0.29, 0.717) is 16.6 Å². The van der Waals surface area contributed by atoms with Crippen molar-refractivity contribution in [2.75, 3.05) is 0 Å². The van der Waals surface area contributed by atoms with Gasteiger partial charge in [-0.2, -0.15) is 0 Å². The second-order valence-corrected chi connectivity index (χ2v) is 13.3. The number of aldehydes is 1. The van der Waals surface area contributed by atoms with Crippen LogP contribution < -0.4 is 4.43 Å². The van der Waals surface area contributed by atoms with Gasteiger partial charge in [0.05, 0.1) is 5.92 Å². The van der Waals surface area contributed by atoms with Crippen molar-refractivity contribution in [1.82, 2.24) is 4.98 Å². The predicted octanol–water partition coefficient (Wildman–Crippen LogP) is 5.97. The van der Waals surface area contributed by atoms with E-state index in [0.717, 1.165) is 23.2 Å². The minimum absolute atomic E-state index is 0.292. The molecule has 0 saturated carbocycles. The van der Waals surface area contributed by atoms with Crippen LogP contribution in [-0.2, 0) is 4.79 Å². The lowest BCUT2D eigenvalue weighted by molar-refractivity contribution is -0.108. The normalized spacial score (nSPS) is 13.3. The van der Waals surface area contributed by atoms with E-state index in [1.54, 1.807) is 12.4 Å². The first-order valence-corrected chi connectivity index (χ1v) is 11.6. The highest BCUT2D eigenvalue weighted by Crippen LogP contribution is 2.42. The number of hydrogen-bond donors (Lipinski definition) is 0. The van der Waals surface area contributed by atoms with Crippen LogP contribution in [0.5, 0.6) is 5.75 Å². The molecule has 0 radical (unpaired) electrons. The standard InChI is InChI=1S/C22H31NO2Si/c1-16(2)26(17(3)4,18(5)6)25-21-11-9-19(10-12-21)22(15-24)20-8-7-13-23-14-20/h7-18,22H,1-6H3. The number of pyridine rings is 1. The zero-order valence-corrected chi connectivity index (χ0v) is 17.8. The molecule has 0 aliphatic heterocycles. The van der Waals surface area contributed by atoms with Crippen LogP contribution in [0, 0.1) is 0 Å². The number of carbonyl (C=O) groups excluding carboxylic acids is 1. The first kappa shape index (κ1) is 20.4. The van der Waals surface area contributed by atoms with E-state index in [-0.39, 0.29) is 5.92 Å². The third-order valence-electron chi connectivity index (χ3n) is 5.42. The van der Waals surface area contributed by atoms with Crippen molar-refractivity contribution >= 4 is 14.6 Å². The van der Waals surface area contributed by atoms with Gasteiger partial charge < -0.3 is 9.22 Å². The Bertz CT molecular complexity index is 674. The second-order valence-electron chi connectivity index (χ2n) is 7.89. The third kappa shape index (κ3) is 4.06. The van der Waals surface area contributed by atoms with E-state index in [2.05, 4.69) is 46.5 Å². The average Bonchev–Trinajstić information content (AvgIpc) is 2.61. The summed E-state index contributed by atoms with van der Waals surface area (Å²) < 4.78 is 6.70. The predicted molar refractivity (Wildman–Crippen MR) is 110 cm³/mol. The van der Waals surface area contributed by atoms with Crippen LogP contribution in [0.15, 0.2) is 48.8 Å². The molecule has 1 heterocycles. The molecule has 1 aromatic heterocycles. The van der Waals surface area contributed by atoms with E-state index in [4.69, 9.17) is 4.43 Å². The summed E-state index contributed by atoms with van der Waals surface area (Å²) in [6.07, 6.45) is 4.44. The lowest BCUT2D eigenvalue weighted by Crippen LogP contribution is -2.50. The molecule has 26 heavy (non-hydrogen) atoms. The number of rotatable bonds is 8. The minimum atomic E-state index is -1.96. The summed E-state index contributed by atoms with van der Waals surface area (Å²) in [4.78, 5) is 15.8. The van der Waals surface area contributed by atoms with Gasteiger partial charge in [0.1, 0.15) is 12.0 Å². The Balaban J connectivity index is 2.30. The van der Waals surface area contributed by atoms with Gasteiger partial charge >= 0.3 is 0 Å². The Kier molecular flexibility index (Phi) is 6.76. The molecular formula is C22H31NO2Si. The maximum Gasteiger partial charge on any atom is 0.258 e. The summed E-state index contributed by atoms with van der Waals surface area (Å²) in [7, 11) is -1.96. The number of nitrogens with zero attached hydrogens (tertiary/aromatic N) is 1. The van der Waals surface area contributed by atoms with Crippen molar-refractivity contribution in [3.05, 3.63) is 59.9 Å². The van der Waals surface area contributed by atoms with E-state index < -0.39 is 8.32 Å². The largest absolute Gasteiger partial charge is 0.543 e. The smallest absolute Gasteiger partial charge is 0.258 e. The monoisotopic (exact) mass is 369 g/mol. The maximum atomic E-state index is 11.6. The Hall–Kier alpha value is -1.94. The van der Waals surface area contributed by atoms with E-state index in [1.165, 1.54) is 0 Å². The average molecular weight is 370 g/mol. The highest BCUT2D eigenvalue weighted by Gasteiger charge is 2.46. The quantitative estimate of drug-likeness (QED) is 0.425. The number of hydrogen-bond acceptors (Lipinski definition) is 3. The zero-order chi connectivity index (χ0) is 19.3. The van der Waals surface area contributed by atoms with Gasteiger partial charge in [0, 0.05) is 12.4 Å². The topological polar surface area (TPSA) is 39.2 Å². The Morgan fingerprint density at radius 2 is 1.46 bits per heavy atom. The molecule has 0 aliphatic rings. The summed E-state index contributed by atoms with van der Waals surface area (Å²) in [6.45, 7) is 13.7. The second kappa shape index (κ2) is 8.63. The fourth-order valence-corrected chi connectivity index (χ4v) is 9.46. The summed E-state index contributed by atoms with van der Waals surface area (Å²) in [5.74, 6) is 0.618. The Morgan fingerprint density at radius 1 is 0.885 bits per heavy atom. The fraction of sp³-hybridized carbons (Fsp3) is 0.455. The molecule has 140 valence electrons. The van der Waals surface area contributed by atoms with E-state index in [9.17, 15) is 4.79 Å². The van der Waals surface area contributed by atoms with Crippen LogP contribution in [0.25, 0.3) is 0 Å². The molecule has 1 atom stereocenters. The fourth-order valence-electron chi connectivity index (χ4n) is 4.21. The SMILES string of the molecule is CC(C)[Si](Oc1ccc(C(C=O)c2cccnc2)cc1)(C(C)C)C(C)C. The molecule has 0 aliphatic carbocycles. The number of carbonyl (C=O) groups is 1. The van der Waals surface area contributed by atoms with Crippen LogP contribution in [0.2, 0.25) is 16.6 Å². The molecule has 4 heteroatoms. The first-order chi connectivity index (χ1) is 12.3. The summed E-state index contributed by atoms with van der Waals surface area (Å²) in [5.41, 5.74) is 3.46. The van der Waals surface area contributed by atoms with Crippen molar-refractivity contribution in [3.63, 3.8) is 0 Å². The van der Waals surface area contributed by atoms with E-state index in [1.807, 2.05) is 36.4 Å². The van der Waals surface area contributed by atoms with Gasteiger partial charge in [0.15, 0.2) is 0 Å². The molecule has 0 N–H and O–H groups in total. The van der Waals surface area contributed by atoms with Gasteiger partial charge in [-0.15, -0.1) is 0 Å². The molecule has 0 fully saturated rings. The molecular weight excluding hydrogens is 338 g/mol. The third-order valence-corrected chi connectivity index (χ3v) is 11.4. The van der Waals surface area contributed by atoms with Gasteiger partial charge in [0.25, 0.3) is 8.32 Å². The van der Waals surface area contributed by atoms with Gasteiger partial charge in [0.2, 0.25) is 0 Å². The van der Waals surface area contributed by atoms with Crippen LogP contribution >= 0.6 is 0 Å². The maximum absolute atomic E-state index is 11.6. The van der Waals surface area contributed by atoms with Gasteiger partial charge in [-0.25, -0.2) is 0 Å². The van der Waals surface area contributed by atoms with Crippen molar-refractivity contribution in [1.29, 1.82) is 0 Å². The van der Waals surface area contributed by atoms with Crippen molar-refractivity contribution in [2.45, 2.75) is 64.1 Å². The minimum Gasteiger partial charge on any atom is -0.543 e. The summed E-state index contributed by atoms with van der Waals surface area (Å²) in [6, 6.07) is 11.8. The number of benzene rings is 1. The van der Waals surface area contributed by atoms with Crippen molar-refractivity contribution in [3.8, 4) is 5.75 Å². The van der Waals surface area contributed by atoms with Crippen LogP contribution in [-0.4, -0.2) is 19.6 Å². The molecule has 0 bridgehead atoms. The molecule has 2 aromatic rings. The molecule has 2 rings (SSSR count). The molecule has 0 spiro atoms. The van der Waals surface area contributed by atoms with Crippen LogP contribution in [0.4, 0.5) is 0 Å². The van der Waals surface area contributed by atoms with Crippen molar-refractivity contribution < 1.29 is 9.22 Å². The highest BCUT2D eigenvalue weighted by atomic mass is 28.4. The van der Waals surface area contributed by atoms with Crippen LogP contribution in [0.1, 0.15) is 58.6 Å². The van der Waals surface area contributed by atoms with Gasteiger partial charge in [-0.1, -0.05) is 59.7 Å². The molecule has 0 saturated heterocycles. The van der Waals surface area contributed by atoms with Crippen LogP contribution in [0.3, 0.4) is 0 Å². The summed E-state index contributed by atoms with van der Waals surface area (Å²) in [5, 5.41) is 0. The molecule has 1 unspecified atom stereocenters. The summed E-state index contributed by atoms with van der Waals surface area (Å²) >= 11 is 0. The Labute approximate surface area is 159 Å². The van der Waals surface area contributed by atoms with Crippen molar-refractivity contribution in [2.24, 2.45) is 0 Å². The van der Waals surface area contributed by atoms with Gasteiger partial charge in [-0.05, 0) is 45.9 Å². The first-order valence-electron chi connectivity index (χ1n) is 9.47. The molecule has 3 nitrogen and oxygen atoms in total. The Morgan fingerprint density at radius 3 is 1.88 bits per heavy atom. The highest BCUT2D eigenvalue weighted by molar-refractivity contribution is 6.78. The molecule has 0 amide bonds. The lowest BCUT2D eigenvalue weighted by atomic mass is 9.94. The zero-order valence-electron chi connectivity index (χ0n) is 16.8.